The van der Waals surface area contributed by atoms with Crippen molar-refractivity contribution in [3.05, 3.63) is 88.7 Å². The summed E-state index contributed by atoms with van der Waals surface area (Å²) in [6.45, 7) is 3.86. The molecule has 0 saturated carbocycles. The highest BCUT2D eigenvalue weighted by atomic mass is 35.5. The van der Waals surface area contributed by atoms with Gasteiger partial charge in [-0.05, 0) is 50.2 Å². The summed E-state index contributed by atoms with van der Waals surface area (Å²) in [4.78, 5) is 12.9. The van der Waals surface area contributed by atoms with Crippen LogP contribution in [0.2, 0.25) is 5.02 Å². The second kappa shape index (κ2) is 13.0. The van der Waals surface area contributed by atoms with Crippen LogP contribution in [0.3, 0.4) is 0 Å². The average molecular weight is 551 g/mol. The van der Waals surface area contributed by atoms with Gasteiger partial charge in [0.15, 0.2) is 0 Å². The maximum atomic E-state index is 13.9. The third kappa shape index (κ3) is 7.15. The maximum Gasteiger partial charge on any atom is 0.264 e. The van der Waals surface area contributed by atoms with Crippen molar-refractivity contribution < 1.29 is 22.3 Å². The van der Waals surface area contributed by atoms with E-state index in [2.05, 4.69) is 5.32 Å². The van der Waals surface area contributed by atoms with Gasteiger partial charge in [0.25, 0.3) is 10.0 Å². The first-order valence-corrected chi connectivity index (χ1v) is 14.3. The number of nitrogens with one attached hydrogen (secondary N) is 1. The van der Waals surface area contributed by atoms with E-state index in [1.165, 1.54) is 30.0 Å². The number of aryl methyl sites for hydroxylation is 1. The highest BCUT2D eigenvalue weighted by Gasteiger charge is 2.29. The number of thioether (sulfide) groups is 1. The fraction of sp³-hybridized carbons (Fsp3) is 0.269. The standard InChI is InChI=1S/C26H28ClFN2O4S2/c1-3-34-25-10-5-4-9-24(25)30(36(32,33)20-13-11-19(2)12-14-20)17-26(31)29-15-16-35-18-21-22(27)7-6-8-23(21)28/h4-14H,3,15-18H2,1-2H3,(H,29,31). The van der Waals surface area contributed by atoms with Crippen LogP contribution in [0.1, 0.15) is 18.1 Å². The molecule has 0 aromatic heterocycles. The molecular weight excluding hydrogens is 523 g/mol. The molecule has 0 spiro atoms. The van der Waals surface area contributed by atoms with Crippen LogP contribution < -0.4 is 14.4 Å². The summed E-state index contributed by atoms with van der Waals surface area (Å²) >= 11 is 7.46. The minimum absolute atomic E-state index is 0.0736. The largest absolute Gasteiger partial charge is 0.492 e. The number of carbonyl (C=O) groups excluding carboxylic acids is 1. The van der Waals surface area contributed by atoms with Gasteiger partial charge in [-0.2, -0.15) is 11.8 Å². The van der Waals surface area contributed by atoms with Gasteiger partial charge in [-0.1, -0.05) is 47.5 Å². The van der Waals surface area contributed by atoms with E-state index < -0.39 is 22.5 Å². The Labute approximate surface area is 220 Å². The molecular formula is C26H28ClFN2O4S2. The molecule has 0 atom stereocenters. The number of sulfonamides is 1. The predicted octanol–water partition coefficient (Wildman–Crippen LogP) is 5.43. The van der Waals surface area contributed by atoms with Gasteiger partial charge in [0.1, 0.15) is 18.1 Å². The van der Waals surface area contributed by atoms with Crippen molar-refractivity contribution >= 4 is 45.0 Å². The maximum absolute atomic E-state index is 13.9. The first-order chi connectivity index (χ1) is 17.2. The van der Waals surface area contributed by atoms with Crippen LogP contribution in [0.15, 0.2) is 71.6 Å². The van der Waals surface area contributed by atoms with Crippen molar-refractivity contribution in [2.75, 3.05) is 29.8 Å². The van der Waals surface area contributed by atoms with Crippen molar-refractivity contribution in [3.63, 3.8) is 0 Å². The van der Waals surface area contributed by atoms with E-state index in [4.69, 9.17) is 16.3 Å². The van der Waals surface area contributed by atoms with Crippen LogP contribution in [0.4, 0.5) is 10.1 Å². The van der Waals surface area contributed by atoms with Crippen LogP contribution in [0, 0.1) is 12.7 Å². The summed E-state index contributed by atoms with van der Waals surface area (Å²) in [6.07, 6.45) is 0. The number of carbonyl (C=O) groups is 1. The number of halogens is 2. The molecule has 1 N–H and O–H groups in total. The number of ether oxygens (including phenoxy) is 1. The Bertz CT molecular complexity index is 1270. The highest BCUT2D eigenvalue weighted by molar-refractivity contribution is 7.98. The Balaban J connectivity index is 1.71. The van der Waals surface area contributed by atoms with E-state index in [1.54, 1.807) is 55.5 Å². The van der Waals surface area contributed by atoms with E-state index in [9.17, 15) is 17.6 Å². The summed E-state index contributed by atoms with van der Waals surface area (Å²) in [5.41, 5.74) is 1.61. The minimum atomic E-state index is -4.06. The summed E-state index contributed by atoms with van der Waals surface area (Å²) in [5.74, 6) is 0.375. The third-order valence-corrected chi connectivity index (χ3v) is 8.32. The quantitative estimate of drug-likeness (QED) is 0.304. The van der Waals surface area contributed by atoms with Crippen molar-refractivity contribution in [1.82, 2.24) is 5.32 Å². The number of nitrogens with zero attached hydrogens (tertiary/aromatic N) is 1. The number of para-hydroxylation sites is 2. The number of anilines is 1. The Morgan fingerprint density at radius 1 is 1.08 bits per heavy atom. The van der Waals surface area contributed by atoms with Gasteiger partial charge in [-0.3, -0.25) is 9.10 Å². The minimum Gasteiger partial charge on any atom is -0.492 e. The molecule has 192 valence electrons. The predicted molar refractivity (Wildman–Crippen MR) is 144 cm³/mol. The van der Waals surface area contributed by atoms with E-state index in [0.717, 1.165) is 9.87 Å². The lowest BCUT2D eigenvalue weighted by Gasteiger charge is -2.26. The van der Waals surface area contributed by atoms with Gasteiger partial charge < -0.3 is 10.1 Å². The number of rotatable bonds is 12. The molecule has 0 radical (unpaired) electrons. The van der Waals surface area contributed by atoms with Crippen molar-refractivity contribution in [2.45, 2.75) is 24.5 Å². The lowest BCUT2D eigenvalue weighted by atomic mass is 10.2. The fourth-order valence-corrected chi connectivity index (χ4v) is 6.00. The molecule has 0 aliphatic rings. The number of amides is 1. The second-order valence-electron chi connectivity index (χ2n) is 7.83. The Kier molecular flexibility index (Phi) is 10.0. The lowest BCUT2D eigenvalue weighted by Crippen LogP contribution is -2.41. The molecule has 0 bridgehead atoms. The second-order valence-corrected chi connectivity index (χ2v) is 11.2. The zero-order chi connectivity index (χ0) is 26.1. The topological polar surface area (TPSA) is 75.7 Å². The van der Waals surface area contributed by atoms with Crippen molar-refractivity contribution in [2.24, 2.45) is 0 Å². The SMILES string of the molecule is CCOc1ccccc1N(CC(=O)NCCSCc1c(F)cccc1Cl)S(=O)(=O)c1ccc(C)cc1. The summed E-state index contributed by atoms with van der Waals surface area (Å²) in [7, 11) is -4.06. The average Bonchev–Trinajstić information content (AvgIpc) is 2.85. The van der Waals surface area contributed by atoms with E-state index in [-0.39, 0.29) is 22.9 Å². The first-order valence-electron chi connectivity index (χ1n) is 11.3. The summed E-state index contributed by atoms with van der Waals surface area (Å²) in [5, 5.41) is 3.11. The number of hydrogen-bond acceptors (Lipinski definition) is 5. The lowest BCUT2D eigenvalue weighted by molar-refractivity contribution is -0.119. The van der Waals surface area contributed by atoms with Crippen LogP contribution in [0.25, 0.3) is 0 Å². The van der Waals surface area contributed by atoms with Gasteiger partial charge in [-0.25, -0.2) is 12.8 Å². The van der Waals surface area contributed by atoms with Crippen LogP contribution >= 0.6 is 23.4 Å². The Morgan fingerprint density at radius 2 is 1.81 bits per heavy atom. The molecule has 10 heteroatoms. The van der Waals surface area contributed by atoms with Crippen LogP contribution in [-0.2, 0) is 20.6 Å². The van der Waals surface area contributed by atoms with E-state index in [0.29, 0.717) is 34.4 Å². The Morgan fingerprint density at radius 3 is 2.50 bits per heavy atom. The van der Waals surface area contributed by atoms with E-state index in [1.807, 2.05) is 6.92 Å². The van der Waals surface area contributed by atoms with Gasteiger partial charge in [0.2, 0.25) is 5.91 Å². The zero-order valence-electron chi connectivity index (χ0n) is 20.0. The fourth-order valence-electron chi connectivity index (χ4n) is 3.37. The molecule has 0 aliphatic heterocycles. The van der Waals surface area contributed by atoms with Gasteiger partial charge >= 0.3 is 0 Å². The first kappa shape index (κ1) is 27.8. The van der Waals surface area contributed by atoms with Crippen molar-refractivity contribution in [3.8, 4) is 5.75 Å². The van der Waals surface area contributed by atoms with Crippen molar-refractivity contribution in [1.29, 1.82) is 0 Å². The van der Waals surface area contributed by atoms with Gasteiger partial charge in [0, 0.05) is 28.6 Å². The normalized spacial score (nSPS) is 11.2. The number of benzene rings is 3. The molecule has 1 amide bonds. The zero-order valence-corrected chi connectivity index (χ0v) is 22.4. The molecule has 36 heavy (non-hydrogen) atoms. The monoisotopic (exact) mass is 550 g/mol. The Hall–Kier alpha value is -2.75. The van der Waals surface area contributed by atoms with Gasteiger partial charge in [0.05, 0.1) is 17.2 Å². The highest BCUT2D eigenvalue weighted by Crippen LogP contribution is 2.32. The molecule has 3 aromatic rings. The molecule has 0 heterocycles. The van der Waals surface area contributed by atoms with Gasteiger partial charge in [-0.15, -0.1) is 0 Å². The molecule has 0 aliphatic carbocycles. The van der Waals surface area contributed by atoms with Crippen LogP contribution in [0.5, 0.6) is 5.75 Å². The summed E-state index contributed by atoms with van der Waals surface area (Å²) < 4.78 is 47.8. The molecule has 3 rings (SSSR count). The molecule has 3 aromatic carbocycles. The van der Waals surface area contributed by atoms with Crippen LogP contribution in [-0.4, -0.2) is 39.8 Å². The third-order valence-electron chi connectivity index (χ3n) is 5.21. The summed E-state index contributed by atoms with van der Waals surface area (Å²) in [6, 6.07) is 17.7. The molecule has 0 saturated heterocycles. The molecule has 0 fully saturated rings. The van der Waals surface area contributed by atoms with E-state index >= 15 is 0 Å². The molecule has 6 nitrogen and oxygen atoms in total. The smallest absolute Gasteiger partial charge is 0.264 e. The molecule has 0 unspecified atom stereocenters. The number of hydrogen-bond donors (Lipinski definition) is 1.